The van der Waals surface area contributed by atoms with E-state index in [0.717, 1.165) is 28.8 Å². The van der Waals surface area contributed by atoms with Gasteiger partial charge < -0.3 is 15.0 Å². The van der Waals surface area contributed by atoms with Crippen LogP contribution in [0.15, 0.2) is 78.9 Å². The summed E-state index contributed by atoms with van der Waals surface area (Å²) < 4.78 is 5.51. The second-order valence-electron chi connectivity index (χ2n) is 11.4. The van der Waals surface area contributed by atoms with Gasteiger partial charge in [-0.1, -0.05) is 79.6 Å². The minimum atomic E-state index is -1.14. The molecule has 3 aromatic rings. The number of imide groups is 1. The zero-order valence-corrected chi connectivity index (χ0v) is 22.8. The van der Waals surface area contributed by atoms with Gasteiger partial charge in [-0.2, -0.15) is 0 Å². The molecule has 202 valence electrons. The maximum Gasteiger partial charge on any atom is 0.322 e. The molecule has 2 saturated heterocycles. The van der Waals surface area contributed by atoms with Crippen LogP contribution in [-0.4, -0.2) is 43.6 Å². The van der Waals surface area contributed by atoms with Gasteiger partial charge in [-0.25, -0.2) is 4.79 Å². The van der Waals surface area contributed by atoms with Crippen LogP contribution in [0, 0.1) is 5.92 Å². The number of likely N-dealkylation sites (tertiary alicyclic amines) is 1. The number of urea groups is 1. The maximum absolute atomic E-state index is 12.3. The van der Waals surface area contributed by atoms with Crippen LogP contribution in [0.3, 0.4) is 0 Å². The van der Waals surface area contributed by atoms with Gasteiger partial charge in [0.1, 0.15) is 5.75 Å². The zero-order valence-electron chi connectivity index (χ0n) is 22.8. The van der Waals surface area contributed by atoms with Gasteiger partial charge in [0, 0.05) is 11.5 Å². The van der Waals surface area contributed by atoms with Crippen molar-refractivity contribution in [3.63, 3.8) is 0 Å². The molecule has 1 saturated carbocycles. The van der Waals surface area contributed by atoms with Gasteiger partial charge in [-0.05, 0) is 79.6 Å². The molecular weight excluding hydrogens is 486 g/mol. The van der Waals surface area contributed by atoms with Crippen LogP contribution in [0.2, 0.25) is 0 Å². The molecule has 7 rings (SSSR count). The van der Waals surface area contributed by atoms with Gasteiger partial charge in [0.05, 0.1) is 7.11 Å². The number of nitrogens with one attached hydrogen (secondary N) is 2. The molecule has 2 aliphatic carbocycles. The van der Waals surface area contributed by atoms with Gasteiger partial charge in [0.25, 0.3) is 5.91 Å². The molecule has 3 aromatic carbocycles. The highest BCUT2D eigenvalue weighted by Gasteiger charge is 2.53. The SMILES string of the molecule is COc1ccc2c(c1)[C@]13CCCC[C@H]1[C@H](C2)N(C)CC3.O=C1NC(=O)C(c2ccccc2)(c2ccccc2)N1. The van der Waals surface area contributed by atoms with Crippen molar-refractivity contribution in [3.8, 4) is 5.75 Å². The highest BCUT2D eigenvalue weighted by atomic mass is 16.5. The fraction of sp³-hybridized carbons (Fsp3) is 0.394. The van der Waals surface area contributed by atoms with E-state index in [1.165, 1.54) is 45.1 Å². The van der Waals surface area contributed by atoms with Crippen molar-refractivity contribution in [2.75, 3.05) is 20.7 Å². The lowest BCUT2D eigenvalue weighted by molar-refractivity contribution is -0.122. The van der Waals surface area contributed by atoms with Crippen LogP contribution in [0.5, 0.6) is 5.75 Å². The van der Waals surface area contributed by atoms with Crippen LogP contribution in [0.4, 0.5) is 4.79 Å². The standard InChI is InChI=1S/C18H25NO.C15H12N2O2/c1-19-10-9-18-8-4-3-5-15(18)17(19)11-13-6-7-14(20-2)12-16(13)18;18-13-15(17-14(19)16-13,11-7-3-1-4-8-11)12-9-5-2-6-10-12/h6-7,12,15,17H,3-5,8-11H2,1-2H3;1-10H,(H2,16,17,18,19)/t15-,17-,18-;/m0./s1. The second kappa shape index (κ2) is 10.2. The number of amides is 3. The molecule has 3 fully saturated rings. The van der Waals surface area contributed by atoms with E-state index < -0.39 is 11.6 Å². The summed E-state index contributed by atoms with van der Waals surface area (Å²) in [6.45, 7) is 1.26. The number of nitrogens with zero attached hydrogens (tertiary/aromatic N) is 1. The van der Waals surface area contributed by atoms with E-state index in [0.29, 0.717) is 5.41 Å². The van der Waals surface area contributed by atoms with Crippen LogP contribution >= 0.6 is 0 Å². The van der Waals surface area contributed by atoms with Crippen molar-refractivity contribution < 1.29 is 14.3 Å². The number of hydrogen-bond acceptors (Lipinski definition) is 4. The monoisotopic (exact) mass is 523 g/mol. The summed E-state index contributed by atoms with van der Waals surface area (Å²) in [7, 11) is 4.12. The Labute approximate surface area is 230 Å². The molecule has 2 heterocycles. The molecule has 3 atom stereocenters. The minimum absolute atomic E-state index is 0.352. The zero-order chi connectivity index (χ0) is 27.0. The number of fused-ring (bicyclic) bond motifs is 1. The van der Waals surface area contributed by atoms with Crippen molar-refractivity contribution in [2.45, 2.75) is 55.5 Å². The van der Waals surface area contributed by atoms with E-state index >= 15 is 0 Å². The third-order valence-corrected chi connectivity index (χ3v) is 9.60. The Bertz CT molecular complexity index is 1320. The molecule has 4 aliphatic rings. The summed E-state index contributed by atoms with van der Waals surface area (Å²) in [6.07, 6.45) is 8.22. The first-order valence-corrected chi connectivity index (χ1v) is 14.1. The predicted octanol–water partition coefficient (Wildman–Crippen LogP) is 5.15. The third-order valence-electron chi connectivity index (χ3n) is 9.60. The second-order valence-corrected chi connectivity index (χ2v) is 11.4. The molecule has 6 heteroatoms. The molecule has 6 nitrogen and oxygen atoms in total. The van der Waals surface area contributed by atoms with Gasteiger partial charge in [0.15, 0.2) is 5.54 Å². The molecule has 0 aromatic heterocycles. The summed E-state index contributed by atoms with van der Waals surface area (Å²) in [4.78, 5) is 26.5. The lowest BCUT2D eigenvalue weighted by Gasteiger charge is -2.58. The van der Waals surface area contributed by atoms with Gasteiger partial charge in [0.2, 0.25) is 0 Å². The van der Waals surface area contributed by atoms with Gasteiger partial charge >= 0.3 is 6.03 Å². The van der Waals surface area contributed by atoms with E-state index in [2.05, 4.69) is 40.8 Å². The smallest absolute Gasteiger partial charge is 0.322 e. The van der Waals surface area contributed by atoms with Crippen molar-refractivity contribution in [3.05, 3.63) is 101 Å². The van der Waals surface area contributed by atoms with E-state index in [1.54, 1.807) is 18.2 Å². The van der Waals surface area contributed by atoms with Gasteiger partial charge in [-0.15, -0.1) is 0 Å². The quantitative estimate of drug-likeness (QED) is 0.466. The van der Waals surface area contributed by atoms with Crippen LogP contribution < -0.4 is 15.4 Å². The number of carbonyl (C=O) groups is 2. The highest BCUT2D eigenvalue weighted by molar-refractivity contribution is 6.09. The molecule has 2 aliphatic heterocycles. The Morgan fingerprint density at radius 2 is 1.59 bits per heavy atom. The molecule has 0 unspecified atom stereocenters. The van der Waals surface area contributed by atoms with E-state index in [4.69, 9.17) is 4.74 Å². The van der Waals surface area contributed by atoms with E-state index in [9.17, 15) is 9.59 Å². The molecular formula is C33H37N3O3. The van der Waals surface area contributed by atoms with Gasteiger partial charge in [-0.3, -0.25) is 10.1 Å². The fourth-order valence-corrected chi connectivity index (χ4v) is 7.71. The Hall–Kier alpha value is -3.64. The Balaban J connectivity index is 0.000000142. The average Bonchev–Trinajstić information content (AvgIpc) is 3.30. The summed E-state index contributed by atoms with van der Waals surface area (Å²) in [6, 6.07) is 25.6. The normalized spacial score (nSPS) is 26.7. The average molecular weight is 524 g/mol. The van der Waals surface area contributed by atoms with Crippen molar-refractivity contribution in [2.24, 2.45) is 5.92 Å². The van der Waals surface area contributed by atoms with Crippen LogP contribution in [0.1, 0.15) is 54.4 Å². The number of benzene rings is 3. The lowest BCUT2D eigenvalue weighted by Crippen LogP contribution is -2.59. The molecule has 39 heavy (non-hydrogen) atoms. The first kappa shape index (κ1) is 25.6. The van der Waals surface area contributed by atoms with Crippen LogP contribution in [-0.2, 0) is 22.2 Å². The van der Waals surface area contributed by atoms with E-state index in [-0.39, 0.29) is 5.91 Å². The lowest BCUT2D eigenvalue weighted by atomic mass is 9.52. The number of rotatable bonds is 3. The number of methoxy groups -OCH3 is 1. The summed E-state index contributed by atoms with van der Waals surface area (Å²) in [5.41, 5.74) is 4.01. The minimum Gasteiger partial charge on any atom is -0.497 e. The summed E-state index contributed by atoms with van der Waals surface area (Å²) in [5.74, 6) is 1.56. The third kappa shape index (κ3) is 4.22. The predicted molar refractivity (Wildman–Crippen MR) is 152 cm³/mol. The molecule has 0 spiro atoms. The highest BCUT2D eigenvalue weighted by Crippen LogP contribution is 2.55. The van der Waals surface area contributed by atoms with Crippen molar-refractivity contribution in [1.82, 2.24) is 15.5 Å². The molecule has 0 radical (unpaired) electrons. The number of piperidine rings is 1. The Kier molecular flexibility index (Phi) is 6.67. The number of hydrogen-bond donors (Lipinski definition) is 2. The van der Waals surface area contributed by atoms with Crippen molar-refractivity contribution in [1.29, 1.82) is 0 Å². The Morgan fingerprint density at radius 1 is 0.897 bits per heavy atom. The summed E-state index contributed by atoms with van der Waals surface area (Å²) in [5, 5.41) is 5.07. The topological polar surface area (TPSA) is 70.7 Å². The first-order chi connectivity index (χ1) is 19.0. The number of likely N-dealkylation sites (N-methyl/N-ethyl adjacent to an activating group) is 1. The Morgan fingerprint density at radius 3 is 2.21 bits per heavy atom. The van der Waals surface area contributed by atoms with Crippen molar-refractivity contribution >= 4 is 11.9 Å². The number of carbonyl (C=O) groups excluding carboxylic acids is 2. The van der Waals surface area contributed by atoms with Crippen LogP contribution in [0.25, 0.3) is 0 Å². The number of ether oxygens (including phenoxy) is 1. The largest absolute Gasteiger partial charge is 0.497 e. The fourth-order valence-electron chi connectivity index (χ4n) is 7.71. The summed E-state index contributed by atoms with van der Waals surface area (Å²) >= 11 is 0. The maximum atomic E-state index is 12.3. The molecule has 2 N–H and O–H groups in total. The first-order valence-electron chi connectivity index (χ1n) is 14.1. The molecule has 2 bridgehead atoms. The van der Waals surface area contributed by atoms with E-state index in [1.807, 2.05) is 60.7 Å². The molecule has 3 amide bonds.